The standard InChI is InChI=1S/C18H14FNO4/c19-15-8-4-1-5-12(15)11-24-16(21)9-10-20-17(22)13-6-2-3-7-14(13)18(20)23/h1-8H,9-11H2. The monoisotopic (exact) mass is 327 g/mol. The van der Waals surface area contributed by atoms with E-state index >= 15 is 0 Å². The summed E-state index contributed by atoms with van der Waals surface area (Å²) in [5.74, 6) is -1.89. The predicted molar refractivity (Wildman–Crippen MR) is 82.6 cm³/mol. The first kappa shape index (κ1) is 15.9. The minimum Gasteiger partial charge on any atom is -0.461 e. The Kier molecular flexibility index (Phi) is 4.37. The maximum Gasteiger partial charge on any atom is 0.307 e. The molecular formula is C18H14FNO4. The lowest BCUT2D eigenvalue weighted by atomic mass is 10.1. The Hall–Kier alpha value is -3.02. The van der Waals surface area contributed by atoms with Crippen molar-refractivity contribution >= 4 is 17.8 Å². The number of fused-ring (bicyclic) bond motifs is 1. The molecule has 0 aliphatic carbocycles. The van der Waals surface area contributed by atoms with Crippen molar-refractivity contribution in [2.45, 2.75) is 13.0 Å². The van der Waals surface area contributed by atoms with Gasteiger partial charge in [0.25, 0.3) is 11.8 Å². The average Bonchev–Trinajstić information content (AvgIpc) is 2.84. The third kappa shape index (κ3) is 3.03. The summed E-state index contributed by atoms with van der Waals surface area (Å²) in [6.07, 6.45) is -0.139. The highest BCUT2D eigenvalue weighted by molar-refractivity contribution is 6.21. The van der Waals surface area contributed by atoms with Crippen LogP contribution in [-0.4, -0.2) is 29.2 Å². The topological polar surface area (TPSA) is 63.7 Å². The highest BCUT2D eigenvalue weighted by atomic mass is 19.1. The number of carbonyl (C=O) groups excluding carboxylic acids is 3. The van der Waals surface area contributed by atoms with Crippen LogP contribution in [0.5, 0.6) is 0 Å². The molecule has 1 aliphatic rings. The Labute approximate surface area is 137 Å². The summed E-state index contributed by atoms with van der Waals surface area (Å²) in [5.41, 5.74) is 0.941. The molecule has 1 heterocycles. The fourth-order valence-corrected chi connectivity index (χ4v) is 2.49. The summed E-state index contributed by atoms with van der Waals surface area (Å²) in [6, 6.07) is 12.5. The number of esters is 1. The first-order chi connectivity index (χ1) is 11.6. The van der Waals surface area contributed by atoms with E-state index in [2.05, 4.69) is 0 Å². The molecule has 0 unspecified atom stereocenters. The molecule has 0 atom stereocenters. The number of rotatable bonds is 5. The molecule has 2 amide bonds. The van der Waals surface area contributed by atoms with Gasteiger partial charge in [0.1, 0.15) is 12.4 Å². The van der Waals surface area contributed by atoms with Gasteiger partial charge in [0.05, 0.1) is 17.5 Å². The molecule has 122 valence electrons. The van der Waals surface area contributed by atoms with Crippen LogP contribution in [0.3, 0.4) is 0 Å². The zero-order valence-electron chi connectivity index (χ0n) is 12.7. The van der Waals surface area contributed by atoms with Gasteiger partial charge in [0.15, 0.2) is 0 Å². The van der Waals surface area contributed by atoms with Crippen LogP contribution in [0.1, 0.15) is 32.7 Å². The Balaban J connectivity index is 1.55. The van der Waals surface area contributed by atoms with E-state index in [4.69, 9.17) is 4.74 Å². The lowest BCUT2D eigenvalue weighted by molar-refractivity contribution is -0.145. The molecule has 0 fully saturated rings. The van der Waals surface area contributed by atoms with E-state index in [1.54, 1.807) is 36.4 Å². The van der Waals surface area contributed by atoms with Gasteiger partial charge in [-0.15, -0.1) is 0 Å². The lowest BCUT2D eigenvalue weighted by Crippen LogP contribution is -2.32. The molecule has 0 bridgehead atoms. The highest BCUT2D eigenvalue weighted by Gasteiger charge is 2.35. The number of benzene rings is 2. The van der Waals surface area contributed by atoms with Gasteiger partial charge in [0.2, 0.25) is 0 Å². The van der Waals surface area contributed by atoms with Gasteiger partial charge < -0.3 is 4.74 Å². The first-order valence-electron chi connectivity index (χ1n) is 7.42. The molecule has 0 aromatic heterocycles. The van der Waals surface area contributed by atoms with Gasteiger partial charge in [0, 0.05) is 12.1 Å². The first-order valence-corrected chi connectivity index (χ1v) is 7.42. The van der Waals surface area contributed by atoms with Crippen molar-refractivity contribution in [3.63, 3.8) is 0 Å². The molecule has 3 rings (SSSR count). The Bertz CT molecular complexity index is 783. The Morgan fingerprint density at radius 1 is 0.958 bits per heavy atom. The number of hydrogen-bond acceptors (Lipinski definition) is 4. The van der Waals surface area contributed by atoms with Crippen molar-refractivity contribution in [1.29, 1.82) is 0 Å². The number of halogens is 1. The molecule has 2 aromatic carbocycles. The van der Waals surface area contributed by atoms with E-state index in [0.717, 1.165) is 4.90 Å². The number of carbonyl (C=O) groups is 3. The largest absolute Gasteiger partial charge is 0.461 e. The average molecular weight is 327 g/mol. The van der Waals surface area contributed by atoms with Crippen molar-refractivity contribution in [3.05, 3.63) is 71.0 Å². The second kappa shape index (κ2) is 6.62. The molecule has 0 spiro atoms. The van der Waals surface area contributed by atoms with Crippen molar-refractivity contribution < 1.29 is 23.5 Å². The smallest absolute Gasteiger partial charge is 0.307 e. The maximum absolute atomic E-state index is 13.4. The summed E-state index contributed by atoms with van der Waals surface area (Å²) in [6.45, 7) is -0.254. The molecule has 6 heteroatoms. The van der Waals surface area contributed by atoms with E-state index in [-0.39, 0.29) is 25.1 Å². The van der Waals surface area contributed by atoms with Crippen LogP contribution >= 0.6 is 0 Å². The van der Waals surface area contributed by atoms with Crippen LogP contribution in [0.2, 0.25) is 0 Å². The summed E-state index contributed by atoms with van der Waals surface area (Å²) >= 11 is 0. The molecular weight excluding hydrogens is 313 g/mol. The molecule has 5 nitrogen and oxygen atoms in total. The van der Waals surface area contributed by atoms with Crippen LogP contribution < -0.4 is 0 Å². The Morgan fingerprint density at radius 3 is 2.17 bits per heavy atom. The quantitative estimate of drug-likeness (QED) is 0.625. The van der Waals surface area contributed by atoms with Crippen molar-refractivity contribution in [1.82, 2.24) is 4.90 Å². The summed E-state index contributed by atoms with van der Waals surface area (Å²) in [5, 5.41) is 0. The zero-order valence-corrected chi connectivity index (χ0v) is 12.7. The van der Waals surface area contributed by atoms with E-state index < -0.39 is 23.6 Å². The number of amides is 2. The maximum atomic E-state index is 13.4. The second-order valence-electron chi connectivity index (χ2n) is 5.31. The normalized spacial score (nSPS) is 13.1. The van der Waals surface area contributed by atoms with Gasteiger partial charge in [-0.1, -0.05) is 30.3 Å². The molecule has 24 heavy (non-hydrogen) atoms. The SMILES string of the molecule is O=C(CCN1C(=O)c2ccccc2C1=O)OCc1ccccc1F. The minimum atomic E-state index is -0.602. The highest BCUT2D eigenvalue weighted by Crippen LogP contribution is 2.22. The second-order valence-corrected chi connectivity index (χ2v) is 5.31. The van der Waals surface area contributed by atoms with E-state index in [1.165, 1.54) is 12.1 Å². The zero-order chi connectivity index (χ0) is 17.1. The van der Waals surface area contributed by atoms with Crippen molar-refractivity contribution in [2.24, 2.45) is 0 Å². The van der Waals surface area contributed by atoms with Crippen LogP contribution in [0, 0.1) is 5.82 Å². The van der Waals surface area contributed by atoms with Gasteiger partial charge in [-0.05, 0) is 18.2 Å². The van der Waals surface area contributed by atoms with Gasteiger partial charge >= 0.3 is 5.97 Å². The van der Waals surface area contributed by atoms with Crippen LogP contribution in [0.25, 0.3) is 0 Å². The summed E-state index contributed by atoms with van der Waals surface area (Å²) < 4.78 is 18.4. The third-order valence-electron chi connectivity index (χ3n) is 3.76. The number of imide groups is 1. The molecule has 1 aliphatic heterocycles. The molecule has 0 saturated heterocycles. The van der Waals surface area contributed by atoms with Gasteiger partial charge in [-0.2, -0.15) is 0 Å². The molecule has 2 aromatic rings. The summed E-state index contributed by atoms with van der Waals surface area (Å²) in [7, 11) is 0. The summed E-state index contributed by atoms with van der Waals surface area (Å²) in [4.78, 5) is 37.1. The van der Waals surface area contributed by atoms with Crippen molar-refractivity contribution in [3.8, 4) is 0 Å². The van der Waals surface area contributed by atoms with Gasteiger partial charge in [-0.3, -0.25) is 19.3 Å². The van der Waals surface area contributed by atoms with Crippen LogP contribution in [0.4, 0.5) is 4.39 Å². The van der Waals surface area contributed by atoms with Crippen LogP contribution in [-0.2, 0) is 16.1 Å². The number of hydrogen-bond donors (Lipinski definition) is 0. The molecule has 0 N–H and O–H groups in total. The fourth-order valence-electron chi connectivity index (χ4n) is 2.49. The fraction of sp³-hybridized carbons (Fsp3) is 0.167. The van der Waals surface area contributed by atoms with Gasteiger partial charge in [-0.25, -0.2) is 4.39 Å². The predicted octanol–water partition coefficient (Wildman–Crippen LogP) is 2.56. The van der Waals surface area contributed by atoms with E-state index in [0.29, 0.717) is 11.1 Å². The minimum absolute atomic E-state index is 0.0670. The number of ether oxygens (including phenoxy) is 1. The van der Waals surface area contributed by atoms with E-state index in [1.807, 2.05) is 0 Å². The van der Waals surface area contributed by atoms with Crippen LogP contribution in [0.15, 0.2) is 48.5 Å². The number of nitrogens with zero attached hydrogens (tertiary/aromatic N) is 1. The van der Waals surface area contributed by atoms with E-state index in [9.17, 15) is 18.8 Å². The lowest BCUT2D eigenvalue weighted by Gasteiger charge is -2.13. The van der Waals surface area contributed by atoms with Crippen molar-refractivity contribution in [2.75, 3.05) is 6.54 Å². The molecule has 0 saturated carbocycles. The Morgan fingerprint density at radius 2 is 1.54 bits per heavy atom. The third-order valence-corrected chi connectivity index (χ3v) is 3.76. The molecule has 0 radical (unpaired) electrons.